The predicted octanol–water partition coefficient (Wildman–Crippen LogP) is 1.94. The van der Waals surface area contributed by atoms with Crippen LogP contribution in [0.15, 0.2) is 4.99 Å². The smallest absolute Gasteiger partial charge is 0.191 e. The Morgan fingerprint density at radius 3 is 2.50 bits per heavy atom. The Hall–Kier alpha value is -0.810. The third-order valence-electron chi connectivity index (χ3n) is 4.44. The number of rotatable bonds is 8. The van der Waals surface area contributed by atoms with Crippen molar-refractivity contribution in [2.24, 2.45) is 16.8 Å². The molecule has 5 nitrogen and oxygen atoms in total. The zero-order valence-corrected chi connectivity index (χ0v) is 15.2. The van der Waals surface area contributed by atoms with E-state index < -0.39 is 0 Å². The minimum atomic E-state index is 0.533. The lowest BCUT2D eigenvalue weighted by molar-refractivity contribution is 0.113. The van der Waals surface area contributed by atoms with Gasteiger partial charge in [0, 0.05) is 26.2 Å². The second-order valence-corrected chi connectivity index (χ2v) is 6.67. The second kappa shape index (κ2) is 10.8. The standard InChI is InChI=1S/C17H36N4O/c1-6-18-17(19-9-12-22-5)20-13-16(14(2)3)21-10-7-15(4)8-11-21/h14-16H,6-13H2,1-5H3,(H2,18,19,20). The zero-order valence-electron chi connectivity index (χ0n) is 15.2. The molecule has 1 atom stereocenters. The molecule has 0 aliphatic carbocycles. The number of guanidine groups is 1. The summed E-state index contributed by atoms with van der Waals surface area (Å²) in [6, 6.07) is 0.533. The highest BCUT2D eigenvalue weighted by molar-refractivity contribution is 5.79. The monoisotopic (exact) mass is 312 g/mol. The number of nitrogens with one attached hydrogen (secondary N) is 2. The van der Waals surface area contributed by atoms with Gasteiger partial charge in [0.05, 0.1) is 13.2 Å². The molecule has 130 valence electrons. The van der Waals surface area contributed by atoms with Crippen molar-refractivity contribution in [2.75, 3.05) is 46.4 Å². The van der Waals surface area contributed by atoms with Crippen molar-refractivity contribution in [1.29, 1.82) is 0 Å². The maximum atomic E-state index is 5.09. The Balaban J connectivity index is 2.57. The van der Waals surface area contributed by atoms with Crippen molar-refractivity contribution in [3.8, 4) is 0 Å². The van der Waals surface area contributed by atoms with E-state index in [0.29, 0.717) is 18.6 Å². The van der Waals surface area contributed by atoms with Gasteiger partial charge in [-0.2, -0.15) is 0 Å². The summed E-state index contributed by atoms with van der Waals surface area (Å²) in [6.45, 7) is 14.7. The summed E-state index contributed by atoms with van der Waals surface area (Å²) < 4.78 is 5.09. The molecule has 5 heteroatoms. The first kappa shape index (κ1) is 19.2. The van der Waals surface area contributed by atoms with Crippen molar-refractivity contribution in [1.82, 2.24) is 15.5 Å². The van der Waals surface area contributed by atoms with Crippen LogP contribution in [0.4, 0.5) is 0 Å². The van der Waals surface area contributed by atoms with Crippen LogP contribution in [0.1, 0.15) is 40.5 Å². The van der Waals surface area contributed by atoms with E-state index in [1.165, 1.54) is 25.9 Å². The maximum absolute atomic E-state index is 5.09. The summed E-state index contributed by atoms with van der Waals surface area (Å²) in [5, 5.41) is 6.63. The summed E-state index contributed by atoms with van der Waals surface area (Å²) >= 11 is 0. The number of hydrogen-bond acceptors (Lipinski definition) is 3. The van der Waals surface area contributed by atoms with Crippen LogP contribution in [0, 0.1) is 11.8 Å². The SMILES string of the molecule is CCNC(=NCC(C(C)C)N1CCC(C)CC1)NCCOC. The first-order chi connectivity index (χ1) is 10.6. The topological polar surface area (TPSA) is 48.9 Å². The Morgan fingerprint density at radius 1 is 1.27 bits per heavy atom. The van der Waals surface area contributed by atoms with E-state index in [2.05, 4.69) is 43.2 Å². The van der Waals surface area contributed by atoms with E-state index in [-0.39, 0.29) is 0 Å². The predicted molar refractivity (Wildman–Crippen MR) is 94.5 cm³/mol. The lowest BCUT2D eigenvalue weighted by Crippen LogP contribution is -2.46. The van der Waals surface area contributed by atoms with Crippen molar-refractivity contribution in [3.63, 3.8) is 0 Å². The van der Waals surface area contributed by atoms with E-state index in [0.717, 1.165) is 31.5 Å². The average molecular weight is 313 g/mol. The highest BCUT2D eigenvalue weighted by Gasteiger charge is 2.25. The molecule has 1 unspecified atom stereocenters. The van der Waals surface area contributed by atoms with Gasteiger partial charge in [-0.3, -0.25) is 9.89 Å². The molecule has 1 aliphatic heterocycles. The summed E-state index contributed by atoms with van der Waals surface area (Å²) in [6.07, 6.45) is 2.64. The number of aliphatic imine (C=N–C) groups is 1. The third-order valence-corrected chi connectivity index (χ3v) is 4.44. The van der Waals surface area contributed by atoms with Gasteiger partial charge in [-0.05, 0) is 44.7 Å². The van der Waals surface area contributed by atoms with Crippen LogP contribution >= 0.6 is 0 Å². The van der Waals surface area contributed by atoms with Gasteiger partial charge < -0.3 is 15.4 Å². The van der Waals surface area contributed by atoms with Crippen molar-refractivity contribution < 1.29 is 4.74 Å². The molecule has 0 saturated carbocycles. The fourth-order valence-electron chi connectivity index (χ4n) is 2.91. The number of methoxy groups -OCH3 is 1. The Kier molecular flexibility index (Phi) is 9.48. The quantitative estimate of drug-likeness (QED) is 0.408. The van der Waals surface area contributed by atoms with Gasteiger partial charge in [-0.1, -0.05) is 20.8 Å². The van der Waals surface area contributed by atoms with Crippen LogP contribution in [-0.2, 0) is 4.74 Å². The lowest BCUT2D eigenvalue weighted by Gasteiger charge is -2.38. The van der Waals surface area contributed by atoms with Crippen molar-refractivity contribution >= 4 is 5.96 Å². The highest BCUT2D eigenvalue weighted by atomic mass is 16.5. The molecule has 0 bridgehead atoms. The molecule has 2 N–H and O–H groups in total. The lowest BCUT2D eigenvalue weighted by atomic mass is 9.94. The van der Waals surface area contributed by atoms with Crippen LogP contribution in [0.5, 0.6) is 0 Å². The molecule has 1 fully saturated rings. The number of nitrogens with zero attached hydrogens (tertiary/aromatic N) is 2. The minimum Gasteiger partial charge on any atom is -0.383 e. The van der Waals surface area contributed by atoms with Crippen LogP contribution < -0.4 is 10.6 Å². The summed E-state index contributed by atoms with van der Waals surface area (Å²) in [5.41, 5.74) is 0. The highest BCUT2D eigenvalue weighted by Crippen LogP contribution is 2.21. The summed E-state index contributed by atoms with van der Waals surface area (Å²) in [5.74, 6) is 2.40. The molecule has 0 radical (unpaired) electrons. The van der Waals surface area contributed by atoms with Gasteiger partial charge in [0.2, 0.25) is 0 Å². The molecule has 0 aromatic rings. The number of likely N-dealkylation sites (tertiary alicyclic amines) is 1. The van der Waals surface area contributed by atoms with Gasteiger partial charge in [-0.15, -0.1) is 0 Å². The Labute approximate surface area is 136 Å². The van der Waals surface area contributed by atoms with E-state index in [4.69, 9.17) is 9.73 Å². The molecule has 0 aromatic heterocycles. The average Bonchev–Trinajstić information content (AvgIpc) is 2.49. The normalized spacial score (nSPS) is 19.5. The Morgan fingerprint density at radius 2 is 1.95 bits per heavy atom. The number of ether oxygens (including phenoxy) is 1. The van der Waals surface area contributed by atoms with E-state index >= 15 is 0 Å². The van der Waals surface area contributed by atoms with Crippen LogP contribution in [0.3, 0.4) is 0 Å². The fourth-order valence-corrected chi connectivity index (χ4v) is 2.91. The Bertz CT molecular complexity index is 312. The maximum Gasteiger partial charge on any atom is 0.191 e. The molecular formula is C17H36N4O. The first-order valence-corrected chi connectivity index (χ1v) is 8.83. The molecule has 22 heavy (non-hydrogen) atoms. The molecule has 0 aromatic carbocycles. The largest absolute Gasteiger partial charge is 0.383 e. The number of hydrogen-bond donors (Lipinski definition) is 2. The van der Waals surface area contributed by atoms with Crippen LogP contribution in [0.25, 0.3) is 0 Å². The molecule has 1 aliphatic rings. The van der Waals surface area contributed by atoms with E-state index in [1.807, 2.05) is 0 Å². The van der Waals surface area contributed by atoms with E-state index in [1.54, 1.807) is 7.11 Å². The molecule has 1 saturated heterocycles. The van der Waals surface area contributed by atoms with Gasteiger partial charge in [0.1, 0.15) is 0 Å². The summed E-state index contributed by atoms with van der Waals surface area (Å²) in [7, 11) is 1.72. The summed E-state index contributed by atoms with van der Waals surface area (Å²) in [4.78, 5) is 7.43. The molecule has 0 amide bonds. The van der Waals surface area contributed by atoms with Crippen molar-refractivity contribution in [3.05, 3.63) is 0 Å². The van der Waals surface area contributed by atoms with Crippen LogP contribution in [0.2, 0.25) is 0 Å². The van der Waals surface area contributed by atoms with Crippen molar-refractivity contribution in [2.45, 2.75) is 46.6 Å². The zero-order chi connectivity index (χ0) is 16.4. The van der Waals surface area contributed by atoms with Gasteiger partial charge >= 0.3 is 0 Å². The van der Waals surface area contributed by atoms with Gasteiger partial charge in [0.15, 0.2) is 5.96 Å². The molecule has 1 heterocycles. The van der Waals surface area contributed by atoms with Gasteiger partial charge in [-0.25, -0.2) is 0 Å². The third kappa shape index (κ3) is 6.97. The molecular weight excluding hydrogens is 276 g/mol. The number of piperidine rings is 1. The van der Waals surface area contributed by atoms with E-state index in [9.17, 15) is 0 Å². The molecule has 0 spiro atoms. The fraction of sp³-hybridized carbons (Fsp3) is 0.941. The van der Waals surface area contributed by atoms with Crippen LogP contribution in [-0.4, -0.2) is 63.3 Å². The molecule has 1 rings (SSSR count). The van der Waals surface area contributed by atoms with Gasteiger partial charge in [0.25, 0.3) is 0 Å². The second-order valence-electron chi connectivity index (χ2n) is 6.67. The minimum absolute atomic E-state index is 0.533. The first-order valence-electron chi connectivity index (χ1n) is 8.83.